The predicted molar refractivity (Wildman–Crippen MR) is 116 cm³/mol. The maximum absolute atomic E-state index is 14.1. The fraction of sp³-hybridized carbons (Fsp3) is 0.333. The molecule has 164 valence electrons. The second-order valence-electron chi connectivity index (χ2n) is 7.66. The summed E-state index contributed by atoms with van der Waals surface area (Å²) in [6.45, 7) is 2.36. The Hall–Kier alpha value is -1.90. The van der Waals surface area contributed by atoms with Crippen LogP contribution in [0.25, 0.3) is 0 Å². The summed E-state index contributed by atoms with van der Waals surface area (Å²) < 4.78 is 43.8. The van der Waals surface area contributed by atoms with Gasteiger partial charge in [-0.25, -0.2) is 0 Å². The number of hydrogen-bond donors (Lipinski definition) is 1. The Morgan fingerprint density at radius 2 is 1.87 bits per heavy atom. The van der Waals surface area contributed by atoms with E-state index in [1.54, 1.807) is 18.2 Å². The summed E-state index contributed by atoms with van der Waals surface area (Å²) in [7, 11) is 0. The van der Waals surface area contributed by atoms with Gasteiger partial charge in [-0.3, -0.25) is 9.10 Å². The van der Waals surface area contributed by atoms with E-state index in [0.29, 0.717) is 18.5 Å². The summed E-state index contributed by atoms with van der Waals surface area (Å²) in [5.41, 5.74) is -0.636. The van der Waals surface area contributed by atoms with Crippen molar-refractivity contribution in [3.63, 3.8) is 0 Å². The standard InChI is InChI=1S/C21H17Cl2F3N2O2S/c1-11-6-12(2-3-16(11)17-4-5-28(31)19(17)29)18-10-20(30-27-18,21(24,25)26)13-7-14(22)9-15(23)8-13/h2-3,6-9,17,31H,4-5,10H2,1H3. The van der Waals surface area contributed by atoms with E-state index >= 15 is 0 Å². The van der Waals surface area contributed by atoms with Crippen LogP contribution in [0.4, 0.5) is 13.2 Å². The Morgan fingerprint density at radius 3 is 2.42 bits per heavy atom. The van der Waals surface area contributed by atoms with Crippen molar-refractivity contribution in [3.8, 4) is 0 Å². The maximum atomic E-state index is 14.1. The lowest BCUT2D eigenvalue weighted by molar-refractivity contribution is -0.275. The van der Waals surface area contributed by atoms with Crippen LogP contribution in [0.15, 0.2) is 41.6 Å². The van der Waals surface area contributed by atoms with Gasteiger partial charge in [-0.15, -0.1) is 0 Å². The molecule has 2 heterocycles. The smallest absolute Gasteiger partial charge is 0.374 e. The van der Waals surface area contributed by atoms with E-state index < -0.39 is 18.2 Å². The van der Waals surface area contributed by atoms with E-state index in [0.717, 1.165) is 11.1 Å². The highest BCUT2D eigenvalue weighted by Gasteiger charge is 2.62. The zero-order valence-corrected chi connectivity index (χ0v) is 18.6. The van der Waals surface area contributed by atoms with Crippen molar-refractivity contribution in [3.05, 3.63) is 68.7 Å². The van der Waals surface area contributed by atoms with E-state index in [9.17, 15) is 18.0 Å². The highest BCUT2D eigenvalue weighted by atomic mass is 35.5. The average Bonchev–Trinajstić information content (AvgIpc) is 3.27. The van der Waals surface area contributed by atoms with Crippen LogP contribution < -0.4 is 0 Å². The molecule has 0 spiro atoms. The summed E-state index contributed by atoms with van der Waals surface area (Å²) in [5, 5.41) is 3.92. The van der Waals surface area contributed by atoms with Gasteiger partial charge in [0.25, 0.3) is 5.60 Å². The van der Waals surface area contributed by atoms with Gasteiger partial charge in [-0.1, -0.05) is 53.3 Å². The van der Waals surface area contributed by atoms with Gasteiger partial charge in [-0.05, 0) is 54.3 Å². The molecule has 1 saturated heterocycles. The summed E-state index contributed by atoms with van der Waals surface area (Å²) in [4.78, 5) is 17.3. The number of benzene rings is 2. The van der Waals surface area contributed by atoms with Crippen LogP contribution in [-0.4, -0.2) is 28.6 Å². The van der Waals surface area contributed by atoms with Crippen molar-refractivity contribution in [2.75, 3.05) is 6.54 Å². The molecule has 4 nitrogen and oxygen atoms in total. The van der Waals surface area contributed by atoms with Gasteiger partial charge >= 0.3 is 6.18 Å². The fourth-order valence-corrected chi connectivity index (χ4v) is 4.83. The summed E-state index contributed by atoms with van der Waals surface area (Å²) in [6.07, 6.45) is -4.65. The molecular weight excluding hydrogens is 472 g/mol. The normalized spacial score (nSPS) is 23.8. The zero-order chi connectivity index (χ0) is 22.6. The fourth-order valence-electron chi connectivity index (χ4n) is 4.05. The van der Waals surface area contributed by atoms with Gasteiger partial charge in [0, 0.05) is 28.6 Å². The van der Waals surface area contributed by atoms with E-state index in [1.165, 1.54) is 22.5 Å². The third-order valence-corrected chi connectivity index (χ3v) is 6.51. The number of aryl methyl sites for hydroxylation is 1. The van der Waals surface area contributed by atoms with Crippen LogP contribution in [0.1, 0.15) is 41.0 Å². The lowest BCUT2D eigenvalue weighted by Crippen LogP contribution is -2.42. The van der Waals surface area contributed by atoms with E-state index in [-0.39, 0.29) is 33.1 Å². The zero-order valence-electron chi connectivity index (χ0n) is 16.2. The molecule has 4 rings (SSSR count). The molecule has 1 fully saturated rings. The molecule has 0 N–H and O–H groups in total. The lowest BCUT2D eigenvalue weighted by Gasteiger charge is -2.29. The molecule has 0 radical (unpaired) electrons. The van der Waals surface area contributed by atoms with Crippen LogP contribution in [0, 0.1) is 6.92 Å². The first-order chi connectivity index (χ1) is 14.5. The first-order valence-corrected chi connectivity index (χ1v) is 10.6. The Morgan fingerprint density at radius 1 is 1.19 bits per heavy atom. The molecule has 0 bridgehead atoms. The van der Waals surface area contributed by atoms with Crippen LogP contribution in [-0.2, 0) is 15.2 Å². The topological polar surface area (TPSA) is 41.9 Å². The number of halogens is 5. The Kier molecular flexibility index (Phi) is 5.69. The molecule has 0 saturated carbocycles. The third kappa shape index (κ3) is 3.90. The number of amides is 1. The largest absolute Gasteiger partial charge is 0.435 e. The maximum Gasteiger partial charge on any atom is 0.435 e. The first-order valence-electron chi connectivity index (χ1n) is 9.41. The Bertz CT molecular complexity index is 1070. The summed E-state index contributed by atoms with van der Waals surface area (Å²) in [5.74, 6) is -0.397. The molecule has 10 heteroatoms. The molecule has 0 aromatic heterocycles. The Labute approximate surface area is 192 Å². The number of carbonyl (C=O) groups excluding carboxylic acids is 1. The van der Waals surface area contributed by atoms with Gasteiger partial charge in [-0.2, -0.15) is 13.2 Å². The first kappa shape index (κ1) is 22.3. The number of oxime groups is 1. The summed E-state index contributed by atoms with van der Waals surface area (Å²) >= 11 is 16.0. The minimum atomic E-state index is -4.76. The monoisotopic (exact) mass is 488 g/mol. The molecular formula is C21H17Cl2F3N2O2S. The van der Waals surface area contributed by atoms with Gasteiger partial charge < -0.3 is 4.84 Å². The quantitative estimate of drug-likeness (QED) is 0.534. The molecule has 2 unspecified atom stereocenters. The lowest BCUT2D eigenvalue weighted by atomic mass is 9.85. The van der Waals surface area contributed by atoms with E-state index in [1.807, 2.05) is 6.92 Å². The molecule has 2 aliphatic rings. The molecule has 1 amide bonds. The molecule has 2 atom stereocenters. The van der Waals surface area contributed by atoms with Gasteiger partial charge in [0.1, 0.15) is 0 Å². The van der Waals surface area contributed by atoms with Crippen LogP contribution in [0.3, 0.4) is 0 Å². The number of nitrogens with zero attached hydrogens (tertiary/aromatic N) is 2. The van der Waals surface area contributed by atoms with Gasteiger partial charge in [0.2, 0.25) is 5.91 Å². The van der Waals surface area contributed by atoms with Crippen LogP contribution in [0.5, 0.6) is 0 Å². The number of alkyl halides is 3. The van der Waals surface area contributed by atoms with Crippen molar-refractivity contribution in [1.29, 1.82) is 0 Å². The minimum Gasteiger partial charge on any atom is -0.374 e. The van der Waals surface area contributed by atoms with Crippen molar-refractivity contribution < 1.29 is 22.8 Å². The molecule has 0 aliphatic carbocycles. The number of rotatable bonds is 3. The van der Waals surface area contributed by atoms with E-state index in [4.69, 9.17) is 28.0 Å². The third-order valence-electron chi connectivity index (χ3n) is 5.68. The SMILES string of the molecule is Cc1cc(C2=NOC(c3cc(Cl)cc(Cl)c3)(C(F)(F)F)C2)ccc1C1CCN(S)C1=O. The van der Waals surface area contributed by atoms with Crippen molar-refractivity contribution in [1.82, 2.24) is 4.31 Å². The van der Waals surface area contributed by atoms with Crippen molar-refractivity contribution in [2.24, 2.45) is 5.16 Å². The minimum absolute atomic E-state index is 0.0721. The number of carbonyl (C=O) groups is 1. The average molecular weight is 489 g/mol. The van der Waals surface area contributed by atoms with Crippen LogP contribution in [0.2, 0.25) is 10.0 Å². The molecule has 2 aliphatic heterocycles. The second kappa shape index (κ2) is 7.90. The molecule has 31 heavy (non-hydrogen) atoms. The highest BCUT2D eigenvalue weighted by molar-refractivity contribution is 7.78. The second-order valence-corrected chi connectivity index (χ2v) is 9.02. The molecule has 2 aromatic carbocycles. The highest BCUT2D eigenvalue weighted by Crippen LogP contribution is 2.49. The Balaban J connectivity index is 1.66. The predicted octanol–water partition coefficient (Wildman–Crippen LogP) is 6.04. The van der Waals surface area contributed by atoms with Crippen molar-refractivity contribution in [2.45, 2.75) is 37.5 Å². The van der Waals surface area contributed by atoms with E-state index in [2.05, 4.69) is 18.0 Å². The van der Waals surface area contributed by atoms with Crippen molar-refractivity contribution >= 4 is 47.6 Å². The van der Waals surface area contributed by atoms with Gasteiger partial charge in [0.05, 0.1) is 11.6 Å². The molecule has 2 aromatic rings. The van der Waals surface area contributed by atoms with Crippen LogP contribution >= 0.6 is 36.0 Å². The summed E-state index contributed by atoms with van der Waals surface area (Å²) in [6, 6.07) is 8.86. The van der Waals surface area contributed by atoms with Gasteiger partial charge in [0.15, 0.2) is 0 Å². The number of thiol groups is 1. The number of hydrogen-bond acceptors (Lipinski definition) is 4.